The van der Waals surface area contributed by atoms with E-state index in [4.69, 9.17) is 14.2 Å². The molecular formula is C61H112O6. The van der Waals surface area contributed by atoms with Crippen LogP contribution in [0.15, 0.2) is 36.5 Å². The quantitative estimate of drug-likeness (QED) is 0.0262. The van der Waals surface area contributed by atoms with E-state index in [1.54, 1.807) is 0 Å². The number of hydrogen-bond donors (Lipinski definition) is 0. The molecule has 6 heteroatoms. The van der Waals surface area contributed by atoms with E-state index < -0.39 is 6.10 Å². The minimum absolute atomic E-state index is 0.0741. The maximum absolute atomic E-state index is 12.9. The van der Waals surface area contributed by atoms with Gasteiger partial charge < -0.3 is 14.2 Å². The Balaban J connectivity index is 4.32. The molecule has 0 aromatic rings. The molecule has 0 N–H and O–H groups in total. The summed E-state index contributed by atoms with van der Waals surface area (Å²) >= 11 is 0. The second-order valence-electron chi connectivity index (χ2n) is 19.9. The van der Waals surface area contributed by atoms with Crippen LogP contribution < -0.4 is 0 Å². The predicted molar refractivity (Wildman–Crippen MR) is 289 cm³/mol. The highest BCUT2D eigenvalue weighted by molar-refractivity contribution is 5.71. The second kappa shape index (κ2) is 56.2. The van der Waals surface area contributed by atoms with Crippen LogP contribution in [0.3, 0.4) is 0 Å². The Morgan fingerprint density at radius 1 is 0.299 bits per heavy atom. The smallest absolute Gasteiger partial charge is 0.306 e. The minimum Gasteiger partial charge on any atom is -0.462 e. The third-order valence-corrected chi connectivity index (χ3v) is 13.1. The second-order valence-corrected chi connectivity index (χ2v) is 19.9. The number of carbonyl (C=O) groups is 3. The maximum atomic E-state index is 12.9. The van der Waals surface area contributed by atoms with Gasteiger partial charge in [0, 0.05) is 19.3 Å². The Hall–Kier alpha value is -2.37. The van der Waals surface area contributed by atoms with Crippen LogP contribution in [0.25, 0.3) is 0 Å². The monoisotopic (exact) mass is 941 g/mol. The number of esters is 3. The molecule has 0 bridgehead atoms. The zero-order chi connectivity index (χ0) is 48.6. The molecule has 1 atom stereocenters. The topological polar surface area (TPSA) is 78.9 Å². The van der Waals surface area contributed by atoms with Crippen molar-refractivity contribution in [2.75, 3.05) is 13.2 Å². The van der Waals surface area contributed by atoms with Crippen molar-refractivity contribution in [3.05, 3.63) is 36.5 Å². The highest BCUT2D eigenvalue weighted by Crippen LogP contribution is 2.17. The first-order valence-corrected chi connectivity index (χ1v) is 29.5. The fourth-order valence-electron chi connectivity index (χ4n) is 8.65. The van der Waals surface area contributed by atoms with Gasteiger partial charge in [0.1, 0.15) is 13.2 Å². The summed E-state index contributed by atoms with van der Waals surface area (Å²) in [6.07, 6.45) is 67.1. The van der Waals surface area contributed by atoms with Gasteiger partial charge in [0.05, 0.1) is 0 Å². The molecule has 0 aliphatic rings. The first-order valence-electron chi connectivity index (χ1n) is 29.5. The third kappa shape index (κ3) is 54.4. The molecule has 0 rings (SSSR count). The van der Waals surface area contributed by atoms with Gasteiger partial charge in [-0.1, -0.05) is 263 Å². The molecule has 392 valence electrons. The number of rotatable bonds is 54. The van der Waals surface area contributed by atoms with Gasteiger partial charge in [0.15, 0.2) is 6.10 Å². The van der Waals surface area contributed by atoms with E-state index in [0.29, 0.717) is 19.3 Å². The van der Waals surface area contributed by atoms with E-state index in [2.05, 4.69) is 57.2 Å². The van der Waals surface area contributed by atoms with Crippen molar-refractivity contribution < 1.29 is 28.6 Å². The lowest BCUT2D eigenvalue weighted by Crippen LogP contribution is -2.30. The van der Waals surface area contributed by atoms with E-state index in [1.807, 2.05) is 0 Å². The third-order valence-electron chi connectivity index (χ3n) is 13.1. The largest absolute Gasteiger partial charge is 0.462 e. The summed E-state index contributed by atoms with van der Waals surface area (Å²) < 4.78 is 16.9. The van der Waals surface area contributed by atoms with Crippen molar-refractivity contribution >= 4 is 17.9 Å². The Bertz CT molecular complexity index is 1130. The molecular weight excluding hydrogens is 829 g/mol. The minimum atomic E-state index is -0.775. The van der Waals surface area contributed by atoms with Crippen LogP contribution in [-0.2, 0) is 28.6 Å². The van der Waals surface area contributed by atoms with Crippen molar-refractivity contribution in [1.82, 2.24) is 0 Å². The molecule has 0 spiro atoms. The van der Waals surface area contributed by atoms with E-state index in [0.717, 1.165) is 83.5 Å². The SMILES string of the molecule is CCC/C=C\C/C=C\CCCCCCCC(=O)OCC(COC(=O)CCCCCCCCCCC/C=C\CCCCCCCC)OC(=O)CCCCCCCCCCCCCCCCCCC. The summed E-state index contributed by atoms with van der Waals surface area (Å²) in [5.41, 5.74) is 0. The predicted octanol–water partition coefficient (Wildman–Crippen LogP) is 19.7. The Labute approximate surface area is 416 Å². The standard InChI is InChI=1S/C61H112O6/c1-4-7-10-13-16-19-22-25-27-29-30-32-33-36-39-42-45-48-51-54-60(63)66-57-58(56-65-59(62)53-50-47-44-41-38-35-24-21-18-15-12-9-6-3)67-61(64)55-52-49-46-43-40-37-34-31-28-26-23-20-17-14-11-8-5-2/h12,15,21,24-25,27,58H,4-11,13-14,16-20,22-23,26,28-57H2,1-3H3/b15-12-,24-21-,27-25-. The van der Waals surface area contributed by atoms with Gasteiger partial charge in [0.25, 0.3) is 0 Å². The number of ether oxygens (including phenoxy) is 3. The van der Waals surface area contributed by atoms with Crippen molar-refractivity contribution in [3.8, 4) is 0 Å². The lowest BCUT2D eigenvalue weighted by Gasteiger charge is -2.18. The molecule has 67 heavy (non-hydrogen) atoms. The van der Waals surface area contributed by atoms with Crippen molar-refractivity contribution in [2.24, 2.45) is 0 Å². The van der Waals surface area contributed by atoms with Gasteiger partial charge >= 0.3 is 17.9 Å². The van der Waals surface area contributed by atoms with E-state index in [-0.39, 0.29) is 31.1 Å². The molecule has 0 saturated heterocycles. The molecule has 0 aromatic carbocycles. The van der Waals surface area contributed by atoms with E-state index in [9.17, 15) is 14.4 Å². The van der Waals surface area contributed by atoms with Gasteiger partial charge in [-0.3, -0.25) is 14.4 Å². The fraction of sp³-hybridized carbons (Fsp3) is 0.852. The highest BCUT2D eigenvalue weighted by Gasteiger charge is 2.19. The Kier molecular flexibility index (Phi) is 54.2. The lowest BCUT2D eigenvalue weighted by molar-refractivity contribution is -0.167. The average molecular weight is 942 g/mol. The van der Waals surface area contributed by atoms with Gasteiger partial charge in [-0.15, -0.1) is 0 Å². The van der Waals surface area contributed by atoms with Crippen molar-refractivity contribution in [3.63, 3.8) is 0 Å². The lowest BCUT2D eigenvalue weighted by atomic mass is 10.0. The molecule has 0 saturated carbocycles. The van der Waals surface area contributed by atoms with Gasteiger partial charge in [0.2, 0.25) is 0 Å². The van der Waals surface area contributed by atoms with Crippen LogP contribution in [0.2, 0.25) is 0 Å². The summed E-state index contributed by atoms with van der Waals surface area (Å²) in [6, 6.07) is 0. The zero-order valence-electron chi connectivity index (χ0n) is 44.9. The van der Waals surface area contributed by atoms with Crippen LogP contribution in [-0.4, -0.2) is 37.2 Å². The molecule has 0 aromatic heterocycles. The summed E-state index contributed by atoms with van der Waals surface area (Å²) in [4.78, 5) is 38.2. The zero-order valence-corrected chi connectivity index (χ0v) is 44.9. The van der Waals surface area contributed by atoms with Crippen molar-refractivity contribution in [2.45, 2.75) is 322 Å². The average Bonchev–Trinajstić information content (AvgIpc) is 3.33. The molecule has 0 heterocycles. The van der Waals surface area contributed by atoms with Gasteiger partial charge in [-0.05, 0) is 70.6 Å². The number of hydrogen-bond acceptors (Lipinski definition) is 6. The first-order chi connectivity index (χ1) is 33.0. The number of unbranched alkanes of at least 4 members (excludes halogenated alkanes) is 37. The van der Waals surface area contributed by atoms with Crippen LogP contribution in [0.5, 0.6) is 0 Å². The summed E-state index contributed by atoms with van der Waals surface area (Å²) in [5.74, 6) is -0.872. The molecule has 0 radical (unpaired) electrons. The molecule has 0 aliphatic heterocycles. The molecule has 0 amide bonds. The highest BCUT2D eigenvalue weighted by atomic mass is 16.6. The summed E-state index contributed by atoms with van der Waals surface area (Å²) in [5, 5.41) is 0. The maximum Gasteiger partial charge on any atom is 0.306 e. The number of allylic oxidation sites excluding steroid dienone is 6. The van der Waals surface area contributed by atoms with Crippen LogP contribution in [0.4, 0.5) is 0 Å². The van der Waals surface area contributed by atoms with Gasteiger partial charge in [-0.25, -0.2) is 0 Å². The molecule has 0 fully saturated rings. The van der Waals surface area contributed by atoms with Crippen LogP contribution in [0.1, 0.15) is 316 Å². The number of carbonyl (C=O) groups excluding carboxylic acids is 3. The first kappa shape index (κ1) is 64.6. The Morgan fingerprint density at radius 3 is 0.896 bits per heavy atom. The van der Waals surface area contributed by atoms with Gasteiger partial charge in [-0.2, -0.15) is 0 Å². The summed E-state index contributed by atoms with van der Waals surface area (Å²) in [7, 11) is 0. The van der Waals surface area contributed by atoms with Crippen LogP contribution >= 0.6 is 0 Å². The molecule has 0 aliphatic carbocycles. The molecule has 1 unspecified atom stereocenters. The molecule has 6 nitrogen and oxygen atoms in total. The van der Waals surface area contributed by atoms with Crippen molar-refractivity contribution in [1.29, 1.82) is 0 Å². The normalized spacial score (nSPS) is 12.2. The Morgan fingerprint density at radius 2 is 0.567 bits per heavy atom. The van der Waals surface area contributed by atoms with E-state index >= 15 is 0 Å². The van der Waals surface area contributed by atoms with E-state index in [1.165, 1.54) is 193 Å². The summed E-state index contributed by atoms with van der Waals surface area (Å²) in [6.45, 7) is 6.60. The fourth-order valence-corrected chi connectivity index (χ4v) is 8.65. The van der Waals surface area contributed by atoms with Crippen LogP contribution in [0, 0.1) is 0 Å².